The van der Waals surface area contributed by atoms with Crippen LogP contribution in [0.25, 0.3) is 10.7 Å². The maximum absolute atomic E-state index is 12.6. The van der Waals surface area contributed by atoms with Crippen LogP contribution in [0.1, 0.15) is 5.56 Å². The number of nitrogens with zero attached hydrogens (tertiary/aromatic N) is 4. The number of fused-ring (bicyclic) bond motifs is 1. The van der Waals surface area contributed by atoms with Crippen LogP contribution >= 0.6 is 23.1 Å². The Morgan fingerprint density at radius 3 is 3.08 bits per heavy atom. The number of thioether (sulfide) groups is 1. The first-order valence-corrected chi connectivity index (χ1v) is 9.65. The molecule has 4 rings (SSSR count). The predicted octanol–water partition coefficient (Wildman–Crippen LogP) is 3.12. The highest BCUT2D eigenvalue weighted by molar-refractivity contribution is 7.99. The van der Waals surface area contributed by atoms with Crippen LogP contribution in [0.15, 0.2) is 40.9 Å². The monoisotopic (exact) mass is 387 g/mol. The van der Waals surface area contributed by atoms with E-state index in [1.165, 1.54) is 23.9 Å². The molecule has 0 saturated heterocycles. The molecule has 26 heavy (non-hydrogen) atoms. The standard InChI is InChI=1S/C16H13N5O3S2/c22-14(9-26-16-17-15(18-19-16)13-2-1-7-25-13)20-6-5-10-3-4-11(21(23)24)8-12(10)20/h1-4,7-8H,5-6,9H2,(H,17,18,19). The first kappa shape index (κ1) is 16.7. The lowest BCUT2D eigenvalue weighted by Crippen LogP contribution is -2.30. The van der Waals surface area contributed by atoms with Gasteiger partial charge >= 0.3 is 0 Å². The van der Waals surface area contributed by atoms with Crippen LogP contribution in [0.2, 0.25) is 0 Å². The molecule has 1 amide bonds. The highest BCUT2D eigenvalue weighted by atomic mass is 32.2. The Hall–Kier alpha value is -2.72. The smallest absolute Gasteiger partial charge is 0.271 e. The summed E-state index contributed by atoms with van der Waals surface area (Å²) in [5, 5.41) is 20.4. The van der Waals surface area contributed by atoms with Gasteiger partial charge in [0, 0.05) is 18.7 Å². The normalized spacial score (nSPS) is 13.0. The highest BCUT2D eigenvalue weighted by Gasteiger charge is 2.27. The number of nitro benzene ring substituents is 1. The zero-order valence-corrected chi connectivity index (χ0v) is 15.0. The minimum atomic E-state index is -0.449. The van der Waals surface area contributed by atoms with E-state index < -0.39 is 4.92 Å². The molecule has 0 atom stereocenters. The fourth-order valence-electron chi connectivity index (χ4n) is 2.78. The number of hydrogen-bond acceptors (Lipinski definition) is 7. The molecule has 132 valence electrons. The van der Waals surface area contributed by atoms with Crippen molar-refractivity contribution in [2.75, 3.05) is 17.2 Å². The summed E-state index contributed by atoms with van der Waals surface area (Å²) in [6, 6.07) is 8.53. The van der Waals surface area contributed by atoms with Gasteiger partial charge in [0.1, 0.15) is 0 Å². The molecular formula is C16H13N5O3S2. The quantitative estimate of drug-likeness (QED) is 0.410. The number of hydrogen-bond donors (Lipinski definition) is 1. The summed E-state index contributed by atoms with van der Waals surface area (Å²) in [6.45, 7) is 0.532. The highest BCUT2D eigenvalue weighted by Crippen LogP contribution is 2.32. The molecule has 0 spiro atoms. The maximum atomic E-state index is 12.6. The predicted molar refractivity (Wildman–Crippen MR) is 99.6 cm³/mol. The summed E-state index contributed by atoms with van der Waals surface area (Å²) in [7, 11) is 0. The molecule has 8 nitrogen and oxygen atoms in total. The van der Waals surface area contributed by atoms with Gasteiger partial charge in [0.25, 0.3) is 5.69 Å². The second-order valence-corrected chi connectivity index (χ2v) is 7.49. The first-order valence-electron chi connectivity index (χ1n) is 7.78. The number of aromatic amines is 1. The molecule has 0 unspecified atom stereocenters. The molecule has 0 bridgehead atoms. The van der Waals surface area contributed by atoms with Crippen molar-refractivity contribution in [1.82, 2.24) is 15.2 Å². The van der Waals surface area contributed by atoms with Gasteiger partial charge in [0.15, 0.2) is 5.82 Å². The third kappa shape index (κ3) is 3.20. The molecule has 3 aromatic rings. The molecular weight excluding hydrogens is 374 g/mol. The van der Waals surface area contributed by atoms with E-state index in [0.29, 0.717) is 29.6 Å². The summed E-state index contributed by atoms with van der Waals surface area (Å²) in [4.78, 5) is 30.0. The van der Waals surface area contributed by atoms with Gasteiger partial charge < -0.3 is 4.90 Å². The summed E-state index contributed by atoms with van der Waals surface area (Å²) >= 11 is 2.80. The van der Waals surface area contributed by atoms with Gasteiger partial charge in [-0.05, 0) is 23.4 Å². The van der Waals surface area contributed by atoms with Gasteiger partial charge in [-0.15, -0.1) is 16.4 Å². The lowest BCUT2D eigenvalue weighted by Gasteiger charge is -2.16. The van der Waals surface area contributed by atoms with Crippen LogP contribution in [-0.2, 0) is 11.2 Å². The van der Waals surface area contributed by atoms with Gasteiger partial charge in [0.2, 0.25) is 11.1 Å². The minimum absolute atomic E-state index is 0.00865. The number of benzene rings is 1. The summed E-state index contributed by atoms with van der Waals surface area (Å²) in [5.41, 5.74) is 1.57. The molecule has 1 aromatic carbocycles. The molecule has 0 fully saturated rings. The van der Waals surface area contributed by atoms with Crippen molar-refractivity contribution in [3.05, 3.63) is 51.4 Å². The Balaban J connectivity index is 1.44. The number of non-ortho nitro benzene ring substituents is 1. The summed E-state index contributed by atoms with van der Waals surface area (Å²) in [6.07, 6.45) is 0.701. The number of amides is 1. The number of anilines is 1. The van der Waals surface area contributed by atoms with Crippen LogP contribution < -0.4 is 4.90 Å². The summed E-state index contributed by atoms with van der Waals surface area (Å²) in [5.74, 6) is 0.734. The zero-order chi connectivity index (χ0) is 18.1. The SMILES string of the molecule is O=C(CSc1n[nH]c(-c2cccs2)n1)N1CCc2ccc([N+](=O)[O-])cc21. The topological polar surface area (TPSA) is 105 Å². The number of thiophene rings is 1. The van der Waals surface area contributed by atoms with Crippen molar-refractivity contribution in [1.29, 1.82) is 0 Å². The Morgan fingerprint density at radius 1 is 1.42 bits per heavy atom. The molecule has 1 aliphatic heterocycles. The lowest BCUT2D eigenvalue weighted by atomic mass is 10.1. The average molecular weight is 387 g/mol. The van der Waals surface area contributed by atoms with E-state index in [1.807, 2.05) is 17.5 Å². The number of rotatable bonds is 5. The van der Waals surface area contributed by atoms with Crippen molar-refractivity contribution in [3.63, 3.8) is 0 Å². The van der Waals surface area contributed by atoms with E-state index in [-0.39, 0.29) is 17.3 Å². The second-order valence-electron chi connectivity index (χ2n) is 5.60. The van der Waals surface area contributed by atoms with Crippen molar-refractivity contribution in [2.24, 2.45) is 0 Å². The molecule has 3 heterocycles. The maximum Gasteiger partial charge on any atom is 0.271 e. The molecule has 2 aromatic heterocycles. The van der Waals surface area contributed by atoms with Crippen molar-refractivity contribution >= 4 is 40.4 Å². The Labute approximate surface area is 156 Å². The van der Waals surface area contributed by atoms with E-state index in [4.69, 9.17) is 0 Å². The van der Waals surface area contributed by atoms with Gasteiger partial charge in [-0.3, -0.25) is 20.0 Å². The van der Waals surface area contributed by atoms with Gasteiger partial charge in [0.05, 0.1) is 21.2 Å². The van der Waals surface area contributed by atoms with E-state index in [2.05, 4.69) is 15.2 Å². The zero-order valence-electron chi connectivity index (χ0n) is 13.4. The molecule has 0 aliphatic carbocycles. The number of carbonyl (C=O) groups is 1. The van der Waals surface area contributed by atoms with Crippen molar-refractivity contribution in [2.45, 2.75) is 11.6 Å². The summed E-state index contributed by atoms with van der Waals surface area (Å²) < 4.78 is 0. The van der Waals surface area contributed by atoms with E-state index in [0.717, 1.165) is 10.4 Å². The molecule has 1 aliphatic rings. The van der Waals surface area contributed by atoms with Gasteiger partial charge in [-0.2, -0.15) is 0 Å². The second kappa shape index (κ2) is 6.89. The Bertz CT molecular complexity index is 970. The van der Waals surface area contributed by atoms with Crippen LogP contribution in [-0.4, -0.2) is 38.3 Å². The third-order valence-corrected chi connectivity index (χ3v) is 5.73. The molecule has 1 N–H and O–H groups in total. The number of nitro groups is 1. The van der Waals surface area contributed by atoms with Crippen LogP contribution in [0.4, 0.5) is 11.4 Å². The van der Waals surface area contributed by atoms with Crippen LogP contribution in [0, 0.1) is 10.1 Å². The average Bonchev–Trinajstić information content (AvgIpc) is 3.38. The fraction of sp³-hybridized carbons (Fsp3) is 0.188. The van der Waals surface area contributed by atoms with Gasteiger partial charge in [-0.25, -0.2) is 4.98 Å². The largest absolute Gasteiger partial charge is 0.311 e. The number of nitrogens with one attached hydrogen (secondary N) is 1. The molecule has 0 saturated carbocycles. The molecule has 0 radical (unpaired) electrons. The lowest BCUT2D eigenvalue weighted by molar-refractivity contribution is -0.384. The number of H-pyrrole nitrogens is 1. The Kier molecular flexibility index (Phi) is 4.43. The number of carbonyl (C=O) groups excluding carboxylic acids is 1. The Morgan fingerprint density at radius 2 is 2.31 bits per heavy atom. The number of aromatic nitrogens is 3. The van der Waals surface area contributed by atoms with Crippen molar-refractivity contribution in [3.8, 4) is 10.7 Å². The molecule has 10 heteroatoms. The van der Waals surface area contributed by atoms with Crippen LogP contribution in [0.3, 0.4) is 0 Å². The fourth-order valence-corrected chi connectivity index (χ4v) is 4.12. The van der Waals surface area contributed by atoms with Crippen molar-refractivity contribution < 1.29 is 9.72 Å². The van der Waals surface area contributed by atoms with Gasteiger partial charge in [-0.1, -0.05) is 23.9 Å². The van der Waals surface area contributed by atoms with E-state index in [9.17, 15) is 14.9 Å². The van der Waals surface area contributed by atoms with E-state index >= 15 is 0 Å². The first-order chi connectivity index (χ1) is 12.6. The third-order valence-electron chi connectivity index (χ3n) is 4.02. The van der Waals surface area contributed by atoms with Crippen LogP contribution in [0.5, 0.6) is 0 Å². The van der Waals surface area contributed by atoms with E-state index in [1.54, 1.807) is 22.3 Å². The minimum Gasteiger partial charge on any atom is -0.311 e.